The molecule has 3 heterocycles. The lowest BCUT2D eigenvalue weighted by Crippen LogP contribution is -2.57. The number of benzene rings is 2. The van der Waals surface area contributed by atoms with Gasteiger partial charge in [-0.05, 0) is 48.9 Å². The second-order valence-corrected chi connectivity index (χ2v) is 11.6. The lowest BCUT2D eigenvalue weighted by Gasteiger charge is -2.39. The third kappa shape index (κ3) is 4.36. The van der Waals surface area contributed by atoms with E-state index in [9.17, 15) is 23.1 Å². The van der Waals surface area contributed by atoms with E-state index in [2.05, 4.69) is 4.98 Å². The molecule has 190 valence electrons. The maximum absolute atomic E-state index is 12.9. The first-order chi connectivity index (χ1) is 17.0. The van der Waals surface area contributed by atoms with Crippen LogP contribution in [0, 0.1) is 13.8 Å². The highest BCUT2D eigenvalue weighted by atomic mass is 35.5. The molecule has 2 aliphatic heterocycles. The van der Waals surface area contributed by atoms with E-state index >= 15 is 0 Å². The molecule has 2 amide bonds. The van der Waals surface area contributed by atoms with Gasteiger partial charge in [0.15, 0.2) is 9.84 Å². The summed E-state index contributed by atoms with van der Waals surface area (Å²) in [6.07, 6.45) is -1.69. The summed E-state index contributed by atoms with van der Waals surface area (Å²) in [5, 5.41) is 16.1. The molecule has 1 fully saturated rings. The van der Waals surface area contributed by atoms with E-state index in [0.29, 0.717) is 35.9 Å². The molecule has 2 aliphatic rings. The number of piperazine rings is 1. The van der Waals surface area contributed by atoms with Crippen molar-refractivity contribution in [1.29, 1.82) is 0 Å². The van der Waals surface area contributed by atoms with Gasteiger partial charge in [-0.3, -0.25) is 9.80 Å². The maximum Gasteiger partial charge on any atom is 0.344 e. The number of sulfone groups is 1. The van der Waals surface area contributed by atoms with Gasteiger partial charge in [-0.25, -0.2) is 27.8 Å². The van der Waals surface area contributed by atoms with Crippen LogP contribution in [0.4, 0.5) is 4.79 Å². The van der Waals surface area contributed by atoms with Gasteiger partial charge in [-0.15, -0.1) is 0 Å². The summed E-state index contributed by atoms with van der Waals surface area (Å²) in [5.74, 6) is -0.708. The number of fused-ring (bicyclic) bond motifs is 2. The van der Waals surface area contributed by atoms with E-state index in [-0.39, 0.29) is 24.0 Å². The molecule has 0 radical (unpaired) electrons. The fourth-order valence-corrected chi connectivity index (χ4v) is 6.34. The Balaban J connectivity index is 1.21. The number of hydrazine groups is 1. The fourth-order valence-electron chi connectivity index (χ4n) is 4.83. The predicted molar refractivity (Wildman–Crippen MR) is 133 cm³/mol. The van der Waals surface area contributed by atoms with Crippen molar-refractivity contribution in [3.63, 3.8) is 0 Å². The van der Waals surface area contributed by atoms with Crippen molar-refractivity contribution in [2.75, 3.05) is 31.9 Å². The lowest BCUT2D eigenvalue weighted by atomic mass is 10.1. The molecular formula is C24H26ClN5O5S. The van der Waals surface area contributed by atoms with Crippen LogP contribution in [0.3, 0.4) is 0 Å². The predicted octanol–water partition coefficient (Wildman–Crippen LogP) is 1.98. The molecule has 1 saturated heterocycles. The van der Waals surface area contributed by atoms with Gasteiger partial charge < -0.3 is 10.0 Å². The van der Waals surface area contributed by atoms with Gasteiger partial charge in [0, 0.05) is 31.2 Å². The lowest BCUT2D eigenvalue weighted by molar-refractivity contribution is -0.143. The fraction of sp³-hybridized carbons (Fsp3) is 0.375. The average molecular weight is 532 g/mol. The zero-order valence-corrected chi connectivity index (χ0v) is 21.5. The summed E-state index contributed by atoms with van der Waals surface area (Å²) in [4.78, 5) is 31.5. The summed E-state index contributed by atoms with van der Waals surface area (Å²) in [7, 11) is -3.91. The zero-order valence-electron chi connectivity index (χ0n) is 19.9. The Hall–Kier alpha value is -2.99. The van der Waals surface area contributed by atoms with Gasteiger partial charge in [-0.1, -0.05) is 23.7 Å². The van der Waals surface area contributed by atoms with Crippen LogP contribution in [0.25, 0.3) is 10.8 Å². The molecular weight excluding hydrogens is 506 g/mol. The SMILES string of the molecule is Cc1nc(C)n2c1CN(N1CCN(C(=O)[C@H](O)CS(=O)(=O)c3ccc4cc(Cl)ccc4c3)CC1)C2=O. The largest absolute Gasteiger partial charge is 0.382 e. The number of halogens is 1. The second kappa shape index (κ2) is 9.15. The van der Waals surface area contributed by atoms with E-state index in [1.54, 1.807) is 40.8 Å². The molecule has 0 saturated carbocycles. The van der Waals surface area contributed by atoms with Crippen molar-refractivity contribution >= 4 is 44.1 Å². The Kier molecular flexibility index (Phi) is 6.27. The number of carbonyl (C=O) groups excluding carboxylic acids is 2. The van der Waals surface area contributed by atoms with Crippen LogP contribution >= 0.6 is 11.6 Å². The highest BCUT2D eigenvalue weighted by molar-refractivity contribution is 7.91. The minimum absolute atomic E-state index is 0.0329. The van der Waals surface area contributed by atoms with Crippen molar-refractivity contribution in [1.82, 2.24) is 24.5 Å². The van der Waals surface area contributed by atoms with Crippen LogP contribution in [0.1, 0.15) is 17.2 Å². The minimum Gasteiger partial charge on any atom is -0.382 e. The van der Waals surface area contributed by atoms with Crippen molar-refractivity contribution in [3.05, 3.63) is 58.6 Å². The first-order valence-electron chi connectivity index (χ1n) is 11.6. The Labute approximate surface area is 213 Å². The molecule has 0 aliphatic carbocycles. The summed E-state index contributed by atoms with van der Waals surface area (Å²) in [6.45, 7) is 5.38. The molecule has 3 aromatic rings. The average Bonchev–Trinajstić information content (AvgIpc) is 3.34. The number of aromatic nitrogens is 2. The van der Waals surface area contributed by atoms with Crippen molar-refractivity contribution in [2.45, 2.75) is 31.4 Å². The van der Waals surface area contributed by atoms with Gasteiger partial charge in [0.05, 0.1) is 28.6 Å². The first-order valence-corrected chi connectivity index (χ1v) is 13.6. The number of hydrogen-bond acceptors (Lipinski definition) is 7. The highest BCUT2D eigenvalue weighted by Gasteiger charge is 2.37. The summed E-state index contributed by atoms with van der Waals surface area (Å²) >= 11 is 5.99. The molecule has 1 atom stereocenters. The molecule has 0 spiro atoms. The van der Waals surface area contributed by atoms with Crippen LogP contribution in [-0.4, -0.2) is 88.0 Å². The number of aryl methyl sites for hydroxylation is 2. The van der Waals surface area contributed by atoms with Crippen LogP contribution in [-0.2, 0) is 21.2 Å². The monoisotopic (exact) mass is 531 g/mol. The van der Waals surface area contributed by atoms with E-state index in [1.807, 2.05) is 11.9 Å². The summed E-state index contributed by atoms with van der Waals surface area (Å²) < 4.78 is 27.4. The summed E-state index contributed by atoms with van der Waals surface area (Å²) in [5.41, 5.74) is 1.67. The van der Waals surface area contributed by atoms with Gasteiger partial charge in [0.1, 0.15) is 11.9 Å². The molecule has 12 heteroatoms. The smallest absolute Gasteiger partial charge is 0.344 e. The Bertz CT molecular complexity index is 1480. The minimum atomic E-state index is -3.91. The molecule has 5 rings (SSSR count). The molecule has 1 aromatic heterocycles. The van der Waals surface area contributed by atoms with E-state index < -0.39 is 27.6 Å². The van der Waals surface area contributed by atoms with Crippen LogP contribution < -0.4 is 0 Å². The van der Waals surface area contributed by atoms with E-state index in [0.717, 1.165) is 16.8 Å². The maximum atomic E-state index is 12.9. The number of aliphatic hydroxyl groups is 1. The standard InChI is InChI=1S/C24H26ClN5O5S/c1-15-21-13-29(24(33)30(21)16(2)26-15)28-9-7-27(8-10-28)23(32)22(31)14-36(34,35)20-6-4-17-11-19(25)5-3-18(17)12-20/h3-6,11-12,22,31H,7-10,13-14H2,1-2H3/t22-/m1/s1. The number of rotatable bonds is 5. The van der Waals surface area contributed by atoms with E-state index in [1.165, 1.54) is 17.0 Å². The van der Waals surface area contributed by atoms with Crippen molar-refractivity contribution in [2.24, 2.45) is 0 Å². The molecule has 36 heavy (non-hydrogen) atoms. The molecule has 10 nitrogen and oxygen atoms in total. The molecule has 0 unspecified atom stereocenters. The first kappa shape index (κ1) is 24.7. The molecule has 2 aromatic carbocycles. The van der Waals surface area contributed by atoms with E-state index in [4.69, 9.17) is 11.6 Å². The Morgan fingerprint density at radius 1 is 1.08 bits per heavy atom. The summed E-state index contributed by atoms with van der Waals surface area (Å²) in [6, 6.07) is 9.56. The zero-order chi connectivity index (χ0) is 25.8. The highest BCUT2D eigenvalue weighted by Crippen LogP contribution is 2.25. The quantitative estimate of drug-likeness (QED) is 0.535. The topological polar surface area (TPSA) is 116 Å². The molecule has 1 N–H and O–H groups in total. The number of nitrogens with zero attached hydrogens (tertiary/aromatic N) is 5. The van der Waals surface area contributed by atoms with Crippen molar-refractivity contribution in [3.8, 4) is 0 Å². The van der Waals surface area contributed by atoms with Gasteiger partial charge in [0.2, 0.25) is 0 Å². The van der Waals surface area contributed by atoms with Crippen LogP contribution in [0.2, 0.25) is 5.02 Å². The third-order valence-corrected chi connectivity index (χ3v) is 8.72. The van der Waals surface area contributed by atoms with Gasteiger partial charge >= 0.3 is 6.03 Å². The Morgan fingerprint density at radius 2 is 1.75 bits per heavy atom. The van der Waals surface area contributed by atoms with Gasteiger partial charge in [0.25, 0.3) is 5.91 Å². The Morgan fingerprint density at radius 3 is 2.44 bits per heavy atom. The number of aliphatic hydroxyl groups excluding tert-OH is 1. The second-order valence-electron chi connectivity index (χ2n) is 9.10. The van der Waals surface area contributed by atoms with Crippen LogP contribution in [0.5, 0.6) is 0 Å². The van der Waals surface area contributed by atoms with Crippen molar-refractivity contribution < 1.29 is 23.1 Å². The third-order valence-electron chi connectivity index (χ3n) is 6.76. The number of hydrogen-bond donors (Lipinski definition) is 1. The number of amides is 2. The van der Waals surface area contributed by atoms with Gasteiger partial charge in [-0.2, -0.15) is 0 Å². The van der Waals surface area contributed by atoms with Crippen LogP contribution in [0.15, 0.2) is 41.3 Å². The number of imidazole rings is 1. The molecule has 0 bridgehead atoms. The number of carbonyl (C=O) groups is 2. The normalized spacial score (nSPS) is 17.6.